The maximum atomic E-state index is 13.7. The monoisotopic (exact) mass is 574 g/mol. The molecule has 4 rings (SSSR count). The van der Waals surface area contributed by atoms with Gasteiger partial charge in [-0.2, -0.15) is 4.31 Å². The molecule has 0 saturated carbocycles. The summed E-state index contributed by atoms with van der Waals surface area (Å²) in [5.74, 6) is -1.08. The Kier molecular flexibility index (Phi) is 10.3. The number of esters is 1. The molecule has 0 spiro atoms. The average Bonchev–Trinajstić information content (AvgIpc) is 3.54. The second kappa shape index (κ2) is 13.7. The van der Waals surface area contributed by atoms with E-state index in [9.17, 15) is 18.3 Å². The third kappa shape index (κ3) is 7.67. The summed E-state index contributed by atoms with van der Waals surface area (Å²) in [6, 6.07) is 15.5. The fraction of sp³-hybridized carbons (Fsp3) is 0.517. The highest BCUT2D eigenvalue weighted by atomic mass is 32.2. The van der Waals surface area contributed by atoms with Gasteiger partial charge in [-0.25, -0.2) is 8.42 Å². The van der Waals surface area contributed by atoms with Crippen LogP contribution >= 0.6 is 0 Å². The van der Waals surface area contributed by atoms with E-state index < -0.39 is 34.1 Å². The summed E-state index contributed by atoms with van der Waals surface area (Å²) in [5.41, 5.74) is 1.34. The Morgan fingerprint density at radius 1 is 1.15 bits per heavy atom. The average molecular weight is 575 g/mol. The van der Waals surface area contributed by atoms with Crippen molar-refractivity contribution in [2.45, 2.75) is 56.5 Å². The minimum Gasteiger partial charge on any atom is -0.459 e. The topological polar surface area (TPSA) is 135 Å². The van der Waals surface area contributed by atoms with Crippen LogP contribution in [-0.2, 0) is 35.4 Å². The number of carbonyl (C=O) groups excluding carboxylic acids is 1. The van der Waals surface area contributed by atoms with E-state index in [-0.39, 0.29) is 49.1 Å². The number of sulfonamides is 1. The standard InChI is InChI=1S/C29H38N2O8S/c1-20(2)17-31(40(35,36)24-10-6-9-22(14-24)16-30-34)18-26(32)23(13-21-7-4-3-5-8-21)15-28(33)39-27-19-38-29-25(27)11-12-37-29/h3-10,14,16,20,23,25-27,29,32,34H,11-13,15,17-19H2,1-2H3/b30-16+/t23-,25?,26-,27?,29-/m1/s1. The summed E-state index contributed by atoms with van der Waals surface area (Å²) in [6.45, 7) is 4.60. The van der Waals surface area contributed by atoms with Crippen LogP contribution in [0.25, 0.3) is 0 Å². The molecule has 10 nitrogen and oxygen atoms in total. The SMILES string of the molecule is CC(C)CN(C[C@@H](O)[C@@H](CC(=O)OC1CO[C@H]2OCCC12)Cc1ccccc1)S(=O)(=O)c1cccc(/C=N/O)c1. The molecule has 5 atom stereocenters. The lowest BCUT2D eigenvalue weighted by molar-refractivity contribution is -0.153. The van der Waals surface area contributed by atoms with Gasteiger partial charge in [-0.1, -0.05) is 61.5 Å². The zero-order chi connectivity index (χ0) is 28.7. The van der Waals surface area contributed by atoms with Crippen molar-refractivity contribution in [1.82, 2.24) is 4.31 Å². The van der Waals surface area contributed by atoms with Gasteiger partial charge < -0.3 is 24.5 Å². The molecule has 0 aromatic heterocycles. The van der Waals surface area contributed by atoms with Crippen LogP contribution < -0.4 is 0 Å². The van der Waals surface area contributed by atoms with Crippen molar-refractivity contribution in [3.63, 3.8) is 0 Å². The molecule has 2 aromatic carbocycles. The lowest BCUT2D eigenvalue weighted by atomic mass is 9.90. The number of aliphatic hydroxyl groups excluding tert-OH is 1. The first-order valence-electron chi connectivity index (χ1n) is 13.6. The Balaban J connectivity index is 1.53. The first-order chi connectivity index (χ1) is 19.2. The van der Waals surface area contributed by atoms with Crippen molar-refractivity contribution in [3.05, 3.63) is 65.7 Å². The normalized spacial score (nSPS) is 22.6. The molecule has 218 valence electrons. The van der Waals surface area contributed by atoms with Crippen molar-refractivity contribution in [2.24, 2.45) is 22.9 Å². The van der Waals surface area contributed by atoms with Gasteiger partial charge in [0.2, 0.25) is 10.0 Å². The van der Waals surface area contributed by atoms with E-state index in [1.165, 1.54) is 16.4 Å². The number of carbonyl (C=O) groups is 1. The second-order valence-corrected chi connectivity index (χ2v) is 12.7. The van der Waals surface area contributed by atoms with Crippen LogP contribution in [0.3, 0.4) is 0 Å². The molecule has 0 aliphatic carbocycles. The quantitative estimate of drug-likeness (QED) is 0.161. The fourth-order valence-corrected chi connectivity index (χ4v) is 6.92. The maximum absolute atomic E-state index is 13.7. The van der Waals surface area contributed by atoms with Crippen LogP contribution in [0.2, 0.25) is 0 Å². The van der Waals surface area contributed by atoms with Gasteiger partial charge in [0.1, 0.15) is 6.10 Å². The third-order valence-electron chi connectivity index (χ3n) is 7.24. The number of ether oxygens (including phenoxy) is 3. The number of hydrogen-bond donors (Lipinski definition) is 2. The molecule has 2 aliphatic rings. The molecule has 2 aliphatic heterocycles. The molecule has 0 radical (unpaired) electrons. The van der Waals surface area contributed by atoms with Gasteiger partial charge >= 0.3 is 5.97 Å². The molecule has 2 N–H and O–H groups in total. The number of rotatable bonds is 13. The van der Waals surface area contributed by atoms with E-state index in [4.69, 9.17) is 19.4 Å². The van der Waals surface area contributed by atoms with Crippen molar-refractivity contribution >= 4 is 22.2 Å². The number of aliphatic hydroxyl groups is 1. The van der Waals surface area contributed by atoms with E-state index in [1.807, 2.05) is 44.2 Å². The zero-order valence-electron chi connectivity index (χ0n) is 22.8. The van der Waals surface area contributed by atoms with Crippen molar-refractivity contribution in [2.75, 3.05) is 26.3 Å². The lowest BCUT2D eigenvalue weighted by Gasteiger charge is -2.30. The summed E-state index contributed by atoms with van der Waals surface area (Å²) < 4.78 is 45.5. The molecule has 40 heavy (non-hydrogen) atoms. The summed E-state index contributed by atoms with van der Waals surface area (Å²) in [7, 11) is -4.01. The molecule has 2 fully saturated rings. The van der Waals surface area contributed by atoms with Crippen molar-refractivity contribution in [1.29, 1.82) is 0 Å². The second-order valence-electron chi connectivity index (χ2n) is 10.8. The molecule has 0 amide bonds. The van der Waals surface area contributed by atoms with Gasteiger partial charge in [0.25, 0.3) is 0 Å². The Bertz CT molecular complexity index is 1250. The van der Waals surface area contributed by atoms with E-state index in [0.29, 0.717) is 18.6 Å². The van der Waals surface area contributed by atoms with Gasteiger partial charge in [-0.05, 0) is 42.0 Å². The third-order valence-corrected chi connectivity index (χ3v) is 9.07. The number of benzene rings is 2. The molecular weight excluding hydrogens is 536 g/mol. The van der Waals surface area contributed by atoms with Gasteiger partial charge in [0, 0.05) is 19.0 Å². The molecular formula is C29H38N2O8S. The highest BCUT2D eigenvalue weighted by molar-refractivity contribution is 7.89. The fourth-order valence-electron chi connectivity index (χ4n) is 5.25. The maximum Gasteiger partial charge on any atom is 0.306 e. The largest absolute Gasteiger partial charge is 0.459 e. The highest BCUT2D eigenvalue weighted by Crippen LogP contribution is 2.33. The Hall–Kier alpha value is -2.83. The van der Waals surface area contributed by atoms with Crippen LogP contribution in [0.4, 0.5) is 0 Å². The number of fused-ring (bicyclic) bond motifs is 1. The summed E-state index contributed by atoms with van der Waals surface area (Å²) in [6.07, 6.45) is 0.297. The van der Waals surface area contributed by atoms with E-state index >= 15 is 0 Å². The first kappa shape index (κ1) is 30.1. The number of hydrogen-bond acceptors (Lipinski definition) is 9. The van der Waals surface area contributed by atoms with Gasteiger partial charge in [0.15, 0.2) is 6.29 Å². The Morgan fingerprint density at radius 3 is 2.65 bits per heavy atom. The van der Waals surface area contributed by atoms with E-state index in [1.54, 1.807) is 12.1 Å². The number of nitrogens with zero attached hydrogens (tertiary/aromatic N) is 2. The lowest BCUT2D eigenvalue weighted by Crippen LogP contribution is -2.43. The van der Waals surface area contributed by atoms with Crippen LogP contribution in [0.15, 0.2) is 64.6 Å². The summed E-state index contributed by atoms with van der Waals surface area (Å²) >= 11 is 0. The Morgan fingerprint density at radius 2 is 1.93 bits per heavy atom. The van der Waals surface area contributed by atoms with Gasteiger partial charge in [-0.15, -0.1) is 0 Å². The zero-order valence-corrected chi connectivity index (χ0v) is 23.7. The summed E-state index contributed by atoms with van der Waals surface area (Å²) in [5, 5.41) is 23.3. The minimum atomic E-state index is -4.01. The summed E-state index contributed by atoms with van der Waals surface area (Å²) in [4.78, 5) is 13.1. The number of oxime groups is 1. The Labute approximate surface area is 235 Å². The van der Waals surface area contributed by atoms with Gasteiger partial charge in [0.05, 0.1) is 42.8 Å². The molecule has 2 saturated heterocycles. The predicted molar refractivity (Wildman–Crippen MR) is 147 cm³/mol. The smallest absolute Gasteiger partial charge is 0.306 e. The van der Waals surface area contributed by atoms with Crippen LogP contribution in [0, 0.1) is 17.8 Å². The van der Waals surface area contributed by atoms with E-state index in [0.717, 1.165) is 18.2 Å². The molecule has 2 aromatic rings. The minimum absolute atomic E-state index is 0.000218. The molecule has 2 heterocycles. The van der Waals surface area contributed by atoms with Crippen LogP contribution in [0.5, 0.6) is 0 Å². The van der Waals surface area contributed by atoms with Crippen LogP contribution in [-0.4, -0.2) is 80.0 Å². The van der Waals surface area contributed by atoms with E-state index in [2.05, 4.69) is 5.16 Å². The first-order valence-corrected chi connectivity index (χ1v) is 15.0. The van der Waals surface area contributed by atoms with Crippen LogP contribution in [0.1, 0.15) is 37.8 Å². The predicted octanol–water partition coefficient (Wildman–Crippen LogP) is 3.06. The highest BCUT2D eigenvalue weighted by Gasteiger charge is 2.44. The molecule has 2 unspecified atom stereocenters. The van der Waals surface area contributed by atoms with Crippen molar-refractivity contribution in [3.8, 4) is 0 Å². The van der Waals surface area contributed by atoms with Crippen molar-refractivity contribution < 1.29 is 37.7 Å². The van der Waals surface area contributed by atoms with Gasteiger partial charge in [-0.3, -0.25) is 4.79 Å². The molecule has 11 heteroatoms. The molecule has 0 bridgehead atoms.